The monoisotopic (exact) mass is 536 g/mol. The van der Waals surface area contributed by atoms with Crippen molar-refractivity contribution in [2.75, 3.05) is 33.7 Å². The average Bonchev–Trinajstić information content (AvgIpc) is 3.28. The van der Waals surface area contributed by atoms with E-state index in [1.807, 2.05) is 23.0 Å². The maximum absolute atomic E-state index is 13.8. The second kappa shape index (κ2) is 9.74. The van der Waals surface area contributed by atoms with Gasteiger partial charge in [-0.1, -0.05) is 38.5 Å². The van der Waals surface area contributed by atoms with E-state index in [1.54, 1.807) is 28.6 Å². The van der Waals surface area contributed by atoms with Gasteiger partial charge in [-0.05, 0) is 98.9 Å². The third kappa shape index (κ3) is 4.97. The first-order chi connectivity index (χ1) is 17.9. The zero-order valence-electron chi connectivity index (χ0n) is 22.9. The molecule has 1 saturated heterocycles. The van der Waals surface area contributed by atoms with Gasteiger partial charge >= 0.3 is 0 Å². The quantitative estimate of drug-likeness (QED) is 0.430. The predicted molar refractivity (Wildman–Crippen MR) is 149 cm³/mol. The summed E-state index contributed by atoms with van der Waals surface area (Å²) < 4.78 is 44.7. The number of fused-ring (bicyclic) bond motifs is 2. The number of benzene rings is 2. The number of hydrogen-bond donors (Lipinski definition) is 0. The van der Waals surface area contributed by atoms with E-state index < -0.39 is 10.0 Å². The van der Waals surface area contributed by atoms with E-state index in [2.05, 4.69) is 50.9 Å². The van der Waals surface area contributed by atoms with E-state index in [0.717, 1.165) is 41.9 Å². The van der Waals surface area contributed by atoms with Crippen LogP contribution in [0.3, 0.4) is 0 Å². The van der Waals surface area contributed by atoms with Gasteiger partial charge in [-0.15, -0.1) is 0 Å². The molecule has 1 atom stereocenters. The number of piperidine rings is 1. The number of rotatable bonds is 6. The molecule has 38 heavy (non-hydrogen) atoms. The van der Waals surface area contributed by atoms with Crippen molar-refractivity contribution in [3.05, 3.63) is 82.9 Å². The largest absolute Gasteiger partial charge is 0.309 e. The van der Waals surface area contributed by atoms with Crippen molar-refractivity contribution in [3.8, 4) is 5.69 Å². The molecule has 1 aliphatic heterocycles. The number of aromatic nitrogens is 2. The molecule has 0 radical (unpaired) electrons. The van der Waals surface area contributed by atoms with Gasteiger partial charge in [0.1, 0.15) is 5.82 Å². The van der Waals surface area contributed by atoms with Crippen LogP contribution < -0.4 is 0 Å². The molecule has 2 aromatic carbocycles. The predicted octanol–water partition coefficient (Wildman–Crippen LogP) is 5.28. The van der Waals surface area contributed by atoms with Crippen molar-refractivity contribution < 1.29 is 12.8 Å². The molecule has 0 spiro atoms. The highest BCUT2D eigenvalue weighted by atomic mass is 32.2. The molecular weight excluding hydrogens is 499 g/mol. The molecule has 5 rings (SSSR count). The second-order valence-corrected chi connectivity index (χ2v) is 13.9. The third-order valence-electron chi connectivity index (χ3n) is 7.98. The van der Waals surface area contributed by atoms with Crippen molar-refractivity contribution in [1.82, 2.24) is 19.0 Å². The van der Waals surface area contributed by atoms with Crippen molar-refractivity contribution in [2.45, 2.75) is 50.3 Å². The van der Waals surface area contributed by atoms with Gasteiger partial charge in [0.25, 0.3) is 0 Å². The van der Waals surface area contributed by atoms with Crippen molar-refractivity contribution in [2.24, 2.45) is 5.41 Å². The Bertz CT molecular complexity index is 1450. The molecule has 1 fully saturated rings. The third-order valence-corrected chi connectivity index (χ3v) is 9.84. The van der Waals surface area contributed by atoms with Gasteiger partial charge < -0.3 is 4.90 Å². The summed E-state index contributed by atoms with van der Waals surface area (Å²) in [4.78, 5) is 2.50. The van der Waals surface area contributed by atoms with E-state index in [9.17, 15) is 12.8 Å². The highest BCUT2D eigenvalue weighted by Crippen LogP contribution is 2.47. The Labute approximate surface area is 225 Å². The van der Waals surface area contributed by atoms with E-state index in [4.69, 9.17) is 0 Å². The summed E-state index contributed by atoms with van der Waals surface area (Å²) in [6, 6.07) is 13.7. The lowest BCUT2D eigenvalue weighted by molar-refractivity contribution is 0.180. The summed E-state index contributed by atoms with van der Waals surface area (Å²) in [6.07, 6.45) is 6.32. The molecular formula is C30H37FN4O2S. The number of halogens is 1. The fourth-order valence-corrected chi connectivity index (χ4v) is 7.20. The topological polar surface area (TPSA) is 58.4 Å². The van der Waals surface area contributed by atoms with Crippen LogP contribution in [0.15, 0.2) is 65.2 Å². The first-order valence-electron chi connectivity index (χ1n) is 13.2. The van der Waals surface area contributed by atoms with Crippen LogP contribution in [0.5, 0.6) is 0 Å². The standard InChI is InChI=1S/C30H37FN4O2S/c1-29(2,3)23-6-12-27(13-7-23)38(36,37)34-16-14-24-18-28-22(19-30(24,21-34)15-17-33(4)5)20-32-35(28)26-10-8-25(31)9-11-26/h6-13,18,20H,14-17,19,21H2,1-5H3/t30-/m1/s1. The van der Waals surface area contributed by atoms with Crippen LogP contribution in [0.4, 0.5) is 4.39 Å². The van der Waals surface area contributed by atoms with Crippen LogP contribution in [0.25, 0.3) is 11.8 Å². The van der Waals surface area contributed by atoms with Crippen LogP contribution >= 0.6 is 0 Å². The molecule has 0 amide bonds. The molecule has 0 saturated carbocycles. The van der Waals surface area contributed by atoms with Gasteiger partial charge in [-0.2, -0.15) is 9.40 Å². The lowest BCUT2D eigenvalue weighted by Crippen LogP contribution is -2.50. The molecule has 202 valence electrons. The number of nitrogens with zero attached hydrogens (tertiary/aromatic N) is 4. The minimum Gasteiger partial charge on any atom is -0.309 e. The van der Waals surface area contributed by atoms with Gasteiger partial charge in [0.2, 0.25) is 10.0 Å². The maximum Gasteiger partial charge on any atom is 0.243 e. The Morgan fingerprint density at radius 1 is 1.05 bits per heavy atom. The van der Waals surface area contributed by atoms with Crippen molar-refractivity contribution in [1.29, 1.82) is 0 Å². The fourth-order valence-electron chi connectivity index (χ4n) is 5.67. The van der Waals surface area contributed by atoms with Gasteiger partial charge in [-0.3, -0.25) is 0 Å². The maximum atomic E-state index is 13.8. The molecule has 0 N–H and O–H groups in total. The number of hydrogen-bond acceptors (Lipinski definition) is 4. The lowest BCUT2D eigenvalue weighted by Gasteiger charge is -2.46. The molecule has 2 aliphatic rings. The van der Waals surface area contributed by atoms with Crippen LogP contribution in [0.1, 0.15) is 50.4 Å². The fraction of sp³-hybridized carbons (Fsp3) is 0.433. The van der Waals surface area contributed by atoms with E-state index in [0.29, 0.717) is 24.4 Å². The molecule has 8 heteroatoms. The minimum absolute atomic E-state index is 0.0402. The summed E-state index contributed by atoms with van der Waals surface area (Å²) in [5, 5.41) is 4.63. The Kier molecular flexibility index (Phi) is 6.86. The van der Waals surface area contributed by atoms with Crippen molar-refractivity contribution in [3.63, 3.8) is 0 Å². The summed E-state index contributed by atoms with van der Waals surface area (Å²) in [5.74, 6) is -0.280. The first-order valence-corrected chi connectivity index (χ1v) is 14.6. The van der Waals surface area contributed by atoms with Gasteiger partial charge in [0, 0.05) is 18.5 Å². The molecule has 3 aromatic rings. The molecule has 6 nitrogen and oxygen atoms in total. The Morgan fingerprint density at radius 3 is 2.37 bits per heavy atom. The van der Waals surface area contributed by atoms with E-state index in [1.165, 1.54) is 17.7 Å². The Hall–Kier alpha value is -2.81. The molecule has 1 aliphatic carbocycles. The van der Waals surface area contributed by atoms with Gasteiger partial charge in [-0.25, -0.2) is 17.5 Å². The van der Waals surface area contributed by atoms with Crippen molar-refractivity contribution >= 4 is 16.1 Å². The summed E-state index contributed by atoms with van der Waals surface area (Å²) >= 11 is 0. The van der Waals surface area contributed by atoms with Crippen LogP contribution in [0, 0.1) is 11.2 Å². The van der Waals surface area contributed by atoms with Crippen LogP contribution in [0.2, 0.25) is 0 Å². The molecule has 1 aromatic heterocycles. The summed E-state index contributed by atoms with van der Waals surface area (Å²) in [6.45, 7) is 8.11. The zero-order chi connectivity index (χ0) is 27.3. The van der Waals surface area contributed by atoms with Gasteiger partial charge in [0.05, 0.1) is 22.5 Å². The molecule has 0 bridgehead atoms. The Morgan fingerprint density at radius 2 is 1.74 bits per heavy atom. The highest BCUT2D eigenvalue weighted by Gasteiger charge is 2.45. The first kappa shape index (κ1) is 26.8. The highest BCUT2D eigenvalue weighted by molar-refractivity contribution is 7.89. The smallest absolute Gasteiger partial charge is 0.243 e. The average molecular weight is 537 g/mol. The molecule has 0 unspecified atom stereocenters. The Balaban J connectivity index is 1.48. The second-order valence-electron chi connectivity index (χ2n) is 12.0. The summed E-state index contributed by atoms with van der Waals surface area (Å²) in [7, 11) is 0.467. The molecule has 2 heterocycles. The van der Waals surface area contributed by atoms with Crippen LogP contribution in [-0.4, -0.2) is 61.1 Å². The minimum atomic E-state index is -3.63. The summed E-state index contributed by atoms with van der Waals surface area (Å²) in [5.41, 5.74) is 4.94. The van der Waals surface area contributed by atoms with Gasteiger partial charge in [0.15, 0.2) is 0 Å². The lowest BCUT2D eigenvalue weighted by atomic mass is 9.67. The zero-order valence-corrected chi connectivity index (χ0v) is 23.7. The number of sulfonamides is 1. The normalized spacial score (nSPS) is 20.2. The van der Waals surface area contributed by atoms with E-state index in [-0.39, 0.29) is 16.6 Å². The van der Waals surface area contributed by atoms with E-state index >= 15 is 0 Å². The van der Waals surface area contributed by atoms with Crippen LogP contribution in [-0.2, 0) is 21.9 Å². The SMILES string of the molecule is CN(C)CC[C@]12Cc3cnn(-c4ccc(F)cc4)c3C=C1CCN(S(=O)(=O)c1ccc(C(C)(C)C)cc1)C2.